The Morgan fingerprint density at radius 2 is 2.19 bits per heavy atom. The predicted molar refractivity (Wildman–Crippen MR) is 62.8 cm³/mol. The minimum absolute atomic E-state index is 0.632. The maximum absolute atomic E-state index is 5.13. The zero-order chi connectivity index (χ0) is 11.4. The molecule has 1 aliphatic rings. The summed E-state index contributed by atoms with van der Waals surface area (Å²) in [4.78, 5) is 8.22. The number of ether oxygens (including phenoxy) is 1. The van der Waals surface area contributed by atoms with Crippen molar-refractivity contribution in [1.29, 1.82) is 0 Å². The Hall–Kier alpha value is -1.36. The minimum atomic E-state index is 0.632. The fourth-order valence-corrected chi connectivity index (χ4v) is 1.56. The Morgan fingerprint density at radius 1 is 1.38 bits per heavy atom. The quantitative estimate of drug-likeness (QED) is 0.702. The van der Waals surface area contributed by atoms with Crippen molar-refractivity contribution >= 4 is 5.82 Å². The van der Waals surface area contributed by atoms with E-state index < -0.39 is 0 Å². The highest BCUT2D eigenvalue weighted by atomic mass is 16.5. The molecule has 5 heteroatoms. The van der Waals surface area contributed by atoms with Crippen LogP contribution in [-0.2, 0) is 0 Å². The van der Waals surface area contributed by atoms with Crippen LogP contribution < -0.4 is 15.4 Å². The van der Waals surface area contributed by atoms with Gasteiger partial charge in [-0.05, 0) is 19.8 Å². The van der Waals surface area contributed by atoms with E-state index >= 15 is 0 Å². The van der Waals surface area contributed by atoms with Gasteiger partial charge in [-0.3, -0.25) is 0 Å². The first-order valence-electron chi connectivity index (χ1n) is 5.64. The number of nitrogens with one attached hydrogen (secondary N) is 2. The highest BCUT2D eigenvalue weighted by molar-refractivity contribution is 5.47. The van der Waals surface area contributed by atoms with E-state index in [-0.39, 0.29) is 0 Å². The van der Waals surface area contributed by atoms with Crippen molar-refractivity contribution in [3.63, 3.8) is 0 Å². The van der Waals surface area contributed by atoms with E-state index in [1.54, 1.807) is 7.11 Å². The second-order valence-corrected chi connectivity index (χ2v) is 4.01. The van der Waals surface area contributed by atoms with Gasteiger partial charge < -0.3 is 15.4 Å². The van der Waals surface area contributed by atoms with Gasteiger partial charge in [-0.2, -0.15) is 0 Å². The third-order valence-corrected chi connectivity index (χ3v) is 2.66. The highest BCUT2D eigenvalue weighted by Crippen LogP contribution is 2.20. The molecule has 2 N–H and O–H groups in total. The van der Waals surface area contributed by atoms with Gasteiger partial charge in [-0.1, -0.05) is 0 Å². The third kappa shape index (κ3) is 2.82. The fraction of sp³-hybridized carbons (Fsp3) is 0.636. The lowest BCUT2D eigenvalue weighted by atomic mass is 10.3. The van der Waals surface area contributed by atoms with Crippen molar-refractivity contribution in [1.82, 2.24) is 15.3 Å². The maximum Gasteiger partial charge on any atom is 0.221 e. The van der Waals surface area contributed by atoms with E-state index in [0.717, 1.165) is 30.5 Å². The van der Waals surface area contributed by atoms with Gasteiger partial charge in [0.25, 0.3) is 0 Å². The normalized spacial score (nSPS) is 14.9. The molecule has 2 rings (SSSR count). The van der Waals surface area contributed by atoms with E-state index in [0.29, 0.717) is 5.88 Å². The first kappa shape index (κ1) is 11.1. The smallest absolute Gasteiger partial charge is 0.221 e. The van der Waals surface area contributed by atoms with Gasteiger partial charge in [0.05, 0.1) is 12.7 Å². The van der Waals surface area contributed by atoms with Crippen LogP contribution in [0.4, 0.5) is 5.82 Å². The average molecular weight is 222 g/mol. The molecule has 0 saturated heterocycles. The molecule has 0 atom stereocenters. The van der Waals surface area contributed by atoms with Crippen molar-refractivity contribution in [2.24, 2.45) is 0 Å². The molecule has 0 amide bonds. The molecule has 0 bridgehead atoms. The summed E-state index contributed by atoms with van der Waals surface area (Å²) in [7, 11) is 1.62. The van der Waals surface area contributed by atoms with Crippen molar-refractivity contribution in [2.45, 2.75) is 25.8 Å². The van der Waals surface area contributed by atoms with E-state index in [4.69, 9.17) is 4.74 Å². The maximum atomic E-state index is 5.13. The second kappa shape index (κ2) is 5.12. The molecule has 16 heavy (non-hydrogen) atoms. The number of nitrogens with zero attached hydrogens (tertiary/aromatic N) is 2. The molecule has 5 nitrogen and oxygen atoms in total. The fourth-order valence-electron chi connectivity index (χ4n) is 1.56. The van der Waals surface area contributed by atoms with Crippen LogP contribution in [-0.4, -0.2) is 36.2 Å². The lowest BCUT2D eigenvalue weighted by Gasteiger charge is -2.10. The largest absolute Gasteiger partial charge is 0.481 e. The number of anilines is 1. The molecule has 0 aliphatic heterocycles. The van der Waals surface area contributed by atoms with Crippen LogP contribution >= 0.6 is 0 Å². The summed E-state index contributed by atoms with van der Waals surface area (Å²) in [6.45, 7) is 3.80. The van der Waals surface area contributed by atoms with E-state index in [9.17, 15) is 0 Å². The minimum Gasteiger partial charge on any atom is -0.481 e. The Balaban J connectivity index is 1.82. The standard InChI is InChI=1S/C11H18N4O/c1-8-10(14-7-15-11(8)16-2)13-6-5-12-9-3-4-9/h7,9,12H,3-6H2,1-2H3,(H,13,14,15). The van der Waals surface area contributed by atoms with Crippen molar-refractivity contribution in [3.05, 3.63) is 11.9 Å². The lowest BCUT2D eigenvalue weighted by Crippen LogP contribution is -2.24. The molecule has 1 aliphatic carbocycles. The first-order valence-corrected chi connectivity index (χ1v) is 5.64. The van der Waals surface area contributed by atoms with E-state index in [1.165, 1.54) is 19.2 Å². The Labute approximate surface area is 95.6 Å². The van der Waals surface area contributed by atoms with Crippen LogP contribution in [0.2, 0.25) is 0 Å². The average Bonchev–Trinajstić information content (AvgIpc) is 3.10. The summed E-state index contributed by atoms with van der Waals surface area (Å²) in [6.07, 6.45) is 4.16. The van der Waals surface area contributed by atoms with Crippen molar-refractivity contribution in [2.75, 3.05) is 25.5 Å². The summed E-state index contributed by atoms with van der Waals surface area (Å²) in [6, 6.07) is 0.753. The van der Waals surface area contributed by atoms with Crippen LogP contribution in [0.1, 0.15) is 18.4 Å². The highest BCUT2D eigenvalue weighted by Gasteiger charge is 2.19. The monoisotopic (exact) mass is 222 g/mol. The Bertz CT molecular complexity index is 352. The van der Waals surface area contributed by atoms with Gasteiger partial charge in [0, 0.05) is 19.1 Å². The van der Waals surface area contributed by atoms with E-state index in [1.807, 2.05) is 6.92 Å². The van der Waals surface area contributed by atoms with Gasteiger partial charge >= 0.3 is 0 Å². The Morgan fingerprint density at radius 3 is 2.88 bits per heavy atom. The number of hydrogen-bond donors (Lipinski definition) is 2. The topological polar surface area (TPSA) is 59.1 Å². The molecule has 1 heterocycles. The second-order valence-electron chi connectivity index (χ2n) is 4.01. The number of hydrogen-bond acceptors (Lipinski definition) is 5. The predicted octanol–water partition coefficient (Wildman–Crippen LogP) is 0.958. The van der Waals surface area contributed by atoms with Gasteiger partial charge in [-0.25, -0.2) is 9.97 Å². The van der Waals surface area contributed by atoms with Crippen LogP contribution in [0.15, 0.2) is 6.33 Å². The van der Waals surface area contributed by atoms with Gasteiger partial charge in [0.2, 0.25) is 5.88 Å². The van der Waals surface area contributed by atoms with Gasteiger partial charge in [0.1, 0.15) is 12.1 Å². The molecule has 1 fully saturated rings. The van der Waals surface area contributed by atoms with E-state index in [2.05, 4.69) is 20.6 Å². The molecule has 0 spiro atoms. The number of rotatable bonds is 6. The Kier molecular flexibility index (Phi) is 3.56. The number of aromatic nitrogens is 2. The zero-order valence-corrected chi connectivity index (χ0v) is 9.79. The van der Waals surface area contributed by atoms with Crippen LogP contribution in [0.5, 0.6) is 5.88 Å². The molecule has 1 saturated carbocycles. The van der Waals surface area contributed by atoms with Crippen LogP contribution in [0.3, 0.4) is 0 Å². The van der Waals surface area contributed by atoms with Crippen molar-refractivity contribution in [3.8, 4) is 5.88 Å². The SMILES string of the molecule is COc1ncnc(NCCNC2CC2)c1C. The summed E-state index contributed by atoms with van der Waals surface area (Å²) in [5.41, 5.74) is 0.955. The molecular formula is C11H18N4O. The van der Waals surface area contributed by atoms with Gasteiger partial charge in [0.15, 0.2) is 0 Å². The molecule has 0 aromatic carbocycles. The summed E-state index contributed by atoms with van der Waals surface area (Å²) in [5, 5.41) is 6.71. The lowest BCUT2D eigenvalue weighted by molar-refractivity contribution is 0.393. The first-order chi connectivity index (χ1) is 7.81. The number of methoxy groups -OCH3 is 1. The van der Waals surface area contributed by atoms with Gasteiger partial charge in [-0.15, -0.1) is 0 Å². The zero-order valence-electron chi connectivity index (χ0n) is 9.79. The van der Waals surface area contributed by atoms with Crippen LogP contribution in [0, 0.1) is 6.92 Å². The van der Waals surface area contributed by atoms with Crippen LogP contribution in [0.25, 0.3) is 0 Å². The molecule has 88 valence electrons. The molecule has 1 aromatic rings. The summed E-state index contributed by atoms with van der Waals surface area (Å²) in [5.74, 6) is 1.48. The summed E-state index contributed by atoms with van der Waals surface area (Å²) >= 11 is 0. The molecule has 0 unspecified atom stereocenters. The molecule has 1 aromatic heterocycles. The van der Waals surface area contributed by atoms with Crippen molar-refractivity contribution < 1.29 is 4.74 Å². The third-order valence-electron chi connectivity index (χ3n) is 2.66. The summed E-state index contributed by atoms with van der Waals surface area (Å²) < 4.78 is 5.13. The molecule has 0 radical (unpaired) electrons. The molecular weight excluding hydrogens is 204 g/mol.